The summed E-state index contributed by atoms with van der Waals surface area (Å²) in [5.74, 6) is 1.45. The van der Waals surface area contributed by atoms with Gasteiger partial charge < -0.3 is 10.6 Å². The first-order valence-corrected chi connectivity index (χ1v) is 7.67. The fourth-order valence-electron chi connectivity index (χ4n) is 2.40. The molecule has 0 saturated carbocycles. The molecule has 0 fully saturated rings. The van der Waals surface area contributed by atoms with E-state index < -0.39 is 0 Å². The number of nitrogens with zero attached hydrogens (tertiary/aromatic N) is 2. The molecule has 23 heavy (non-hydrogen) atoms. The van der Waals surface area contributed by atoms with Gasteiger partial charge >= 0.3 is 0 Å². The standard InChI is InChI=1S/C19H20N4/c1-3-11-20-18-16-12-14(2)9-10-17(16)22-19(23-18)21-13-15-7-5-4-6-8-15/h3-10,12H,1,11,13H2,2H3,(H2,20,21,22,23). The molecule has 0 saturated heterocycles. The summed E-state index contributed by atoms with van der Waals surface area (Å²) in [5, 5.41) is 7.62. The van der Waals surface area contributed by atoms with Crippen LogP contribution in [-0.2, 0) is 6.54 Å². The molecule has 1 heterocycles. The molecular weight excluding hydrogens is 284 g/mol. The van der Waals surface area contributed by atoms with Gasteiger partial charge in [-0.3, -0.25) is 0 Å². The van der Waals surface area contributed by atoms with Crippen LogP contribution in [0.25, 0.3) is 10.9 Å². The predicted octanol–water partition coefficient (Wildman–Crippen LogP) is 4.15. The first-order chi connectivity index (χ1) is 11.3. The van der Waals surface area contributed by atoms with E-state index >= 15 is 0 Å². The second kappa shape index (κ2) is 6.92. The Bertz CT molecular complexity index is 812. The highest BCUT2D eigenvalue weighted by atomic mass is 15.1. The number of hydrogen-bond acceptors (Lipinski definition) is 4. The summed E-state index contributed by atoms with van der Waals surface area (Å²) in [6.45, 7) is 7.18. The molecule has 0 amide bonds. The second-order valence-electron chi connectivity index (χ2n) is 5.43. The van der Waals surface area contributed by atoms with Crippen molar-refractivity contribution in [3.8, 4) is 0 Å². The van der Waals surface area contributed by atoms with E-state index in [4.69, 9.17) is 0 Å². The molecule has 0 radical (unpaired) electrons. The summed E-state index contributed by atoms with van der Waals surface area (Å²) in [5.41, 5.74) is 3.31. The van der Waals surface area contributed by atoms with Gasteiger partial charge in [0, 0.05) is 18.5 Å². The molecule has 116 valence electrons. The van der Waals surface area contributed by atoms with E-state index in [1.54, 1.807) is 0 Å². The molecular formula is C19H20N4. The minimum Gasteiger partial charge on any atom is -0.366 e. The van der Waals surface area contributed by atoms with Crippen molar-refractivity contribution in [1.29, 1.82) is 0 Å². The normalized spacial score (nSPS) is 10.5. The Hall–Kier alpha value is -2.88. The minimum atomic E-state index is 0.622. The van der Waals surface area contributed by atoms with Gasteiger partial charge in [0.25, 0.3) is 0 Å². The van der Waals surface area contributed by atoms with Crippen molar-refractivity contribution in [3.05, 3.63) is 72.3 Å². The Morgan fingerprint density at radius 3 is 2.65 bits per heavy atom. The molecule has 0 bridgehead atoms. The Kier molecular flexibility index (Phi) is 4.52. The number of aromatic nitrogens is 2. The van der Waals surface area contributed by atoms with E-state index in [0.717, 1.165) is 16.7 Å². The van der Waals surface area contributed by atoms with Crippen molar-refractivity contribution in [2.75, 3.05) is 17.2 Å². The SMILES string of the molecule is C=CCNc1nc(NCc2ccccc2)nc2ccc(C)cc12. The molecule has 1 aromatic heterocycles. The number of fused-ring (bicyclic) bond motifs is 1. The summed E-state index contributed by atoms with van der Waals surface area (Å²) in [7, 11) is 0. The number of hydrogen-bond donors (Lipinski definition) is 2. The Morgan fingerprint density at radius 2 is 1.87 bits per heavy atom. The average molecular weight is 304 g/mol. The first kappa shape index (κ1) is 15.0. The summed E-state index contributed by atoms with van der Waals surface area (Å²) >= 11 is 0. The highest BCUT2D eigenvalue weighted by molar-refractivity contribution is 5.90. The molecule has 3 rings (SSSR count). The number of benzene rings is 2. The lowest BCUT2D eigenvalue weighted by atomic mass is 10.1. The van der Waals surface area contributed by atoms with Crippen LogP contribution in [-0.4, -0.2) is 16.5 Å². The fraction of sp³-hybridized carbons (Fsp3) is 0.158. The zero-order valence-electron chi connectivity index (χ0n) is 13.2. The Balaban J connectivity index is 1.91. The smallest absolute Gasteiger partial charge is 0.225 e. The first-order valence-electron chi connectivity index (χ1n) is 7.67. The highest BCUT2D eigenvalue weighted by Gasteiger charge is 2.07. The lowest BCUT2D eigenvalue weighted by Gasteiger charge is -2.11. The Labute approximate surface area is 136 Å². The predicted molar refractivity (Wildman–Crippen MR) is 96.7 cm³/mol. The number of nitrogens with one attached hydrogen (secondary N) is 2. The largest absolute Gasteiger partial charge is 0.366 e. The van der Waals surface area contributed by atoms with Crippen molar-refractivity contribution >= 4 is 22.7 Å². The Morgan fingerprint density at radius 1 is 1.04 bits per heavy atom. The third kappa shape index (κ3) is 3.66. The second-order valence-corrected chi connectivity index (χ2v) is 5.43. The monoisotopic (exact) mass is 304 g/mol. The highest BCUT2D eigenvalue weighted by Crippen LogP contribution is 2.23. The summed E-state index contributed by atoms with van der Waals surface area (Å²) in [4.78, 5) is 9.23. The molecule has 0 unspecified atom stereocenters. The van der Waals surface area contributed by atoms with Crippen LogP contribution in [0.15, 0.2) is 61.2 Å². The average Bonchev–Trinajstić information content (AvgIpc) is 2.59. The van der Waals surface area contributed by atoms with Crippen molar-refractivity contribution in [3.63, 3.8) is 0 Å². The maximum atomic E-state index is 4.61. The third-order valence-corrected chi connectivity index (χ3v) is 3.56. The van der Waals surface area contributed by atoms with Gasteiger partial charge in [-0.2, -0.15) is 4.98 Å². The molecule has 4 nitrogen and oxygen atoms in total. The van der Waals surface area contributed by atoms with Crippen LogP contribution in [0.5, 0.6) is 0 Å². The zero-order chi connectivity index (χ0) is 16.1. The summed E-state index contributed by atoms with van der Waals surface area (Å²) in [6, 6.07) is 16.4. The number of rotatable bonds is 6. The molecule has 3 aromatic rings. The van der Waals surface area contributed by atoms with Crippen LogP contribution < -0.4 is 10.6 Å². The van der Waals surface area contributed by atoms with E-state index in [2.05, 4.69) is 58.4 Å². The van der Waals surface area contributed by atoms with Gasteiger partial charge in [0.15, 0.2) is 0 Å². The molecule has 0 atom stereocenters. The maximum absolute atomic E-state index is 4.61. The van der Waals surface area contributed by atoms with Crippen LogP contribution in [0.4, 0.5) is 11.8 Å². The van der Waals surface area contributed by atoms with Gasteiger partial charge in [-0.05, 0) is 24.6 Å². The van der Waals surface area contributed by atoms with Gasteiger partial charge in [-0.25, -0.2) is 4.98 Å². The van der Waals surface area contributed by atoms with Crippen LogP contribution in [0.3, 0.4) is 0 Å². The van der Waals surface area contributed by atoms with E-state index in [0.29, 0.717) is 19.0 Å². The minimum absolute atomic E-state index is 0.622. The molecule has 2 aromatic carbocycles. The molecule has 4 heteroatoms. The molecule has 0 spiro atoms. The topological polar surface area (TPSA) is 49.8 Å². The maximum Gasteiger partial charge on any atom is 0.225 e. The van der Waals surface area contributed by atoms with Crippen molar-refractivity contribution in [1.82, 2.24) is 9.97 Å². The van der Waals surface area contributed by atoms with E-state index in [1.165, 1.54) is 11.1 Å². The van der Waals surface area contributed by atoms with Crippen molar-refractivity contribution in [2.24, 2.45) is 0 Å². The quantitative estimate of drug-likeness (QED) is 0.672. The molecule has 0 aliphatic carbocycles. The zero-order valence-corrected chi connectivity index (χ0v) is 13.2. The lowest BCUT2D eigenvalue weighted by molar-refractivity contribution is 1.07. The third-order valence-electron chi connectivity index (χ3n) is 3.56. The molecule has 0 aliphatic rings. The van der Waals surface area contributed by atoms with Gasteiger partial charge in [-0.1, -0.05) is 48.0 Å². The summed E-state index contributed by atoms with van der Waals surface area (Å²) < 4.78 is 0. The van der Waals surface area contributed by atoms with Crippen molar-refractivity contribution < 1.29 is 0 Å². The lowest BCUT2D eigenvalue weighted by Crippen LogP contribution is -2.08. The molecule has 0 aliphatic heterocycles. The summed E-state index contributed by atoms with van der Waals surface area (Å²) in [6.07, 6.45) is 1.82. The van der Waals surface area contributed by atoms with Crippen LogP contribution in [0.2, 0.25) is 0 Å². The van der Waals surface area contributed by atoms with Gasteiger partial charge in [-0.15, -0.1) is 6.58 Å². The van der Waals surface area contributed by atoms with Crippen molar-refractivity contribution in [2.45, 2.75) is 13.5 Å². The fourth-order valence-corrected chi connectivity index (χ4v) is 2.40. The van der Waals surface area contributed by atoms with Gasteiger partial charge in [0.05, 0.1) is 5.52 Å². The van der Waals surface area contributed by atoms with Gasteiger partial charge in [0.1, 0.15) is 5.82 Å². The molecule has 2 N–H and O–H groups in total. The van der Waals surface area contributed by atoms with Gasteiger partial charge in [0.2, 0.25) is 5.95 Å². The van der Waals surface area contributed by atoms with E-state index in [-0.39, 0.29) is 0 Å². The van der Waals surface area contributed by atoms with Crippen LogP contribution in [0, 0.1) is 6.92 Å². The van der Waals surface area contributed by atoms with E-state index in [1.807, 2.05) is 30.3 Å². The number of anilines is 2. The van der Waals surface area contributed by atoms with Crippen LogP contribution in [0.1, 0.15) is 11.1 Å². The number of aryl methyl sites for hydroxylation is 1. The van der Waals surface area contributed by atoms with Crippen LogP contribution >= 0.6 is 0 Å². The van der Waals surface area contributed by atoms with E-state index in [9.17, 15) is 0 Å².